The van der Waals surface area contributed by atoms with Crippen molar-refractivity contribution >= 4 is 17.2 Å². The van der Waals surface area contributed by atoms with E-state index in [9.17, 15) is 0 Å². The lowest BCUT2D eigenvalue weighted by Gasteiger charge is -2.39. The molecular weight excluding hydrogens is 342 g/mol. The quantitative estimate of drug-likeness (QED) is 0.553. The molecule has 26 heavy (non-hydrogen) atoms. The molecule has 0 saturated carbocycles. The molecule has 0 aliphatic carbocycles. The topological polar surface area (TPSA) is 46.8 Å². The molecule has 1 fully saturated rings. The summed E-state index contributed by atoms with van der Waals surface area (Å²) in [4.78, 5) is 7.11. The molecule has 5 nitrogen and oxygen atoms in total. The van der Waals surface area contributed by atoms with E-state index < -0.39 is 0 Å². The van der Waals surface area contributed by atoms with Crippen LogP contribution in [0, 0.1) is 0 Å². The predicted octanol–water partition coefficient (Wildman–Crippen LogP) is 3.99. The molecule has 0 atom stereocenters. The molecule has 0 N–H and O–H groups in total. The van der Waals surface area contributed by atoms with Crippen LogP contribution >= 0.6 is 11.5 Å². The first-order chi connectivity index (χ1) is 12.9. The fourth-order valence-electron chi connectivity index (χ4n) is 3.19. The molecule has 1 saturated heterocycles. The smallest absolute Gasteiger partial charge is 0.149 e. The molecule has 0 spiro atoms. The SMILES string of the molecule is c1ccc(-c2nc(C3CN(c4ccc(-n5cccn5)cc4)C3)ns2)cc1. The van der Waals surface area contributed by atoms with Crippen molar-refractivity contribution in [2.45, 2.75) is 5.92 Å². The standard InChI is InChI=1S/C20H17N5S/c1-2-5-15(6-3-1)20-22-19(23-26-20)16-13-24(14-16)17-7-9-18(10-8-17)25-12-4-11-21-25/h1-12,16H,13-14H2. The number of hydrogen-bond acceptors (Lipinski definition) is 5. The molecular formula is C20H17N5S. The van der Waals surface area contributed by atoms with E-state index in [0.29, 0.717) is 5.92 Å². The lowest BCUT2D eigenvalue weighted by atomic mass is 9.98. The van der Waals surface area contributed by atoms with E-state index in [1.54, 1.807) is 6.20 Å². The molecule has 0 unspecified atom stereocenters. The zero-order valence-corrected chi connectivity index (χ0v) is 14.9. The van der Waals surface area contributed by atoms with Crippen molar-refractivity contribution < 1.29 is 0 Å². The Morgan fingerprint density at radius 3 is 2.38 bits per heavy atom. The van der Waals surface area contributed by atoms with E-state index in [4.69, 9.17) is 4.98 Å². The minimum Gasteiger partial charge on any atom is -0.370 e. The van der Waals surface area contributed by atoms with E-state index >= 15 is 0 Å². The van der Waals surface area contributed by atoms with Gasteiger partial charge in [0.15, 0.2) is 0 Å². The Bertz CT molecular complexity index is 986. The summed E-state index contributed by atoms with van der Waals surface area (Å²) in [7, 11) is 0. The number of rotatable bonds is 4. The first kappa shape index (κ1) is 15.3. The van der Waals surface area contributed by atoms with Gasteiger partial charge in [0.2, 0.25) is 0 Å². The van der Waals surface area contributed by atoms with Crippen LogP contribution in [-0.4, -0.2) is 32.2 Å². The largest absolute Gasteiger partial charge is 0.370 e. The maximum Gasteiger partial charge on any atom is 0.149 e. The molecule has 3 heterocycles. The second-order valence-electron chi connectivity index (χ2n) is 6.39. The van der Waals surface area contributed by atoms with Crippen LogP contribution in [0.4, 0.5) is 5.69 Å². The van der Waals surface area contributed by atoms with Gasteiger partial charge in [-0.15, -0.1) is 0 Å². The van der Waals surface area contributed by atoms with Gasteiger partial charge in [0.1, 0.15) is 10.8 Å². The van der Waals surface area contributed by atoms with Crippen LogP contribution in [-0.2, 0) is 0 Å². The highest BCUT2D eigenvalue weighted by Crippen LogP contribution is 2.32. The summed E-state index contributed by atoms with van der Waals surface area (Å²) in [6.07, 6.45) is 3.74. The van der Waals surface area contributed by atoms with E-state index in [2.05, 4.69) is 50.8 Å². The fraction of sp³-hybridized carbons (Fsp3) is 0.150. The highest BCUT2D eigenvalue weighted by atomic mass is 32.1. The monoisotopic (exact) mass is 359 g/mol. The van der Waals surface area contributed by atoms with Crippen molar-refractivity contribution in [1.29, 1.82) is 0 Å². The number of benzene rings is 2. The number of anilines is 1. The number of hydrogen-bond donors (Lipinski definition) is 0. The Balaban J connectivity index is 1.26. The maximum atomic E-state index is 4.75. The zero-order valence-electron chi connectivity index (χ0n) is 14.1. The highest BCUT2D eigenvalue weighted by Gasteiger charge is 2.31. The van der Waals surface area contributed by atoms with Gasteiger partial charge >= 0.3 is 0 Å². The van der Waals surface area contributed by atoms with Gasteiger partial charge in [0.25, 0.3) is 0 Å². The summed E-state index contributed by atoms with van der Waals surface area (Å²) in [5.41, 5.74) is 3.45. The van der Waals surface area contributed by atoms with E-state index in [0.717, 1.165) is 35.2 Å². The summed E-state index contributed by atoms with van der Waals surface area (Å²) >= 11 is 1.49. The van der Waals surface area contributed by atoms with Gasteiger partial charge in [-0.1, -0.05) is 30.3 Å². The van der Waals surface area contributed by atoms with Gasteiger partial charge < -0.3 is 4.90 Å². The summed E-state index contributed by atoms with van der Waals surface area (Å²) in [5, 5.41) is 5.26. The van der Waals surface area contributed by atoms with Crippen LogP contribution in [0.2, 0.25) is 0 Å². The molecule has 2 aromatic carbocycles. The summed E-state index contributed by atoms with van der Waals surface area (Å²) < 4.78 is 6.45. The first-order valence-electron chi connectivity index (χ1n) is 8.61. The molecule has 2 aromatic heterocycles. The van der Waals surface area contributed by atoms with Crippen molar-refractivity contribution in [2.24, 2.45) is 0 Å². The lowest BCUT2D eigenvalue weighted by molar-refractivity contribution is 0.506. The van der Waals surface area contributed by atoms with Crippen molar-refractivity contribution in [3.63, 3.8) is 0 Å². The van der Waals surface area contributed by atoms with Gasteiger partial charge in [-0.05, 0) is 41.9 Å². The van der Waals surface area contributed by atoms with Crippen LogP contribution < -0.4 is 4.90 Å². The maximum absolute atomic E-state index is 4.75. The Labute approximate surface area is 155 Å². The fourth-order valence-corrected chi connectivity index (χ4v) is 3.93. The lowest BCUT2D eigenvalue weighted by Crippen LogP contribution is -2.45. The average molecular weight is 359 g/mol. The van der Waals surface area contributed by atoms with E-state index in [-0.39, 0.29) is 0 Å². The Morgan fingerprint density at radius 1 is 0.885 bits per heavy atom. The molecule has 0 bridgehead atoms. The predicted molar refractivity (Wildman–Crippen MR) is 104 cm³/mol. The second-order valence-corrected chi connectivity index (χ2v) is 7.14. The highest BCUT2D eigenvalue weighted by molar-refractivity contribution is 7.09. The molecule has 5 rings (SSSR count). The molecule has 0 amide bonds. The molecule has 6 heteroatoms. The van der Waals surface area contributed by atoms with Gasteiger partial charge in [-0.3, -0.25) is 0 Å². The van der Waals surface area contributed by atoms with Crippen LogP contribution in [0.5, 0.6) is 0 Å². The Hall–Kier alpha value is -2.99. The molecule has 1 aliphatic rings. The van der Waals surface area contributed by atoms with Gasteiger partial charge in [-0.25, -0.2) is 9.67 Å². The Kier molecular flexibility index (Phi) is 3.75. The summed E-state index contributed by atoms with van der Waals surface area (Å²) in [6, 6.07) is 20.7. The Morgan fingerprint density at radius 2 is 1.65 bits per heavy atom. The van der Waals surface area contributed by atoms with Crippen LogP contribution in [0.3, 0.4) is 0 Å². The van der Waals surface area contributed by atoms with Crippen LogP contribution in [0.25, 0.3) is 16.3 Å². The molecule has 0 radical (unpaired) electrons. The second kappa shape index (κ2) is 6.38. The van der Waals surface area contributed by atoms with E-state index in [1.165, 1.54) is 17.2 Å². The minimum atomic E-state index is 0.412. The third-order valence-electron chi connectivity index (χ3n) is 4.69. The van der Waals surface area contributed by atoms with Crippen LogP contribution in [0.1, 0.15) is 11.7 Å². The molecule has 128 valence electrons. The normalized spacial score (nSPS) is 14.4. The third kappa shape index (κ3) is 2.78. The van der Waals surface area contributed by atoms with E-state index in [1.807, 2.05) is 35.1 Å². The summed E-state index contributed by atoms with van der Waals surface area (Å²) in [5.74, 6) is 1.38. The third-order valence-corrected chi connectivity index (χ3v) is 5.47. The van der Waals surface area contributed by atoms with Crippen LogP contribution in [0.15, 0.2) is 73.1 Å². The molecule has 4 aromatic rings. The van der Waals surface area contributed by atoms with Crippen molar-refractivity contribution in [3.05, 3.63) is 78.9 Å². The minimum absolute atomic E-state index is 0.412. The van der Waals surface area contributed by atoms with Crippen molar-refractivity contribution in [1.82, 2.24) is 19.1 Å². The first-order valence-corrected chi connectivity index (χ1v) is 9.38. The van der Waals surface area contributed by atoms with Gasteiger partial charge in [0, 0.05) is 36.7 Å². The summed E-state index contributed by atoms with van der Waals surface area (Å²) in [6.45, 7) is 1.93. The molecule has 1 aliphatic heterocycles. The van der Waals surface area contributed by atoms with Crippen molar-refractivity contribution in [2.75, 3.05) is 18.0 Å². The average Bonchev–Trinajstić information content (AvgIpc) is 3.34. The van der Waals surface area contributed by atoms with Gasteiger partial charge in [-0.2, -0.15) is 9.47 Å². The number of aromatic nitrogens is 4. The van der Waals surface area contributed by atoms with Crippen molar-refractivity contribution in [3.8, 4) is 16.3 Å². The number of nitrogens with zero attached hydrogens (tertiary/aromatic N) is 5. The van der Waals surface area contributed by atoms with Gasteiger partial charge in [0.05, 0.1) is 11.6 Å². The zero-order chi connectivity index (χ0) is 17.3.